The van der Waals surface area contributed by atoms with Gasteiger partial charge in [-0.1, -0.05) is 12.1 Å². The molecule has 0 fully saturated rings. The fourth-order valence-electron chi connectivity index (χ4n) is 4.09. The van der Waals surface area contributed by atoms with E-state index >= 15 is 0 Å². The number of hydrogen-bond acceptors (Lipinski definition) is 8. The summed E-state index contributed by atoms with van der Waals surface area (Å²) < 4.78 is 18.9. The number of fused-ring (bicyclic) bond motifs is 5. The SMILES string of the molecule is COc1ccccc1OCc1ccc(-c2nc3c4c5c(sc4ncn3n2)CN(C)CC5)o1. The van der Waals surface area contributed by atoms with Gasteiger partial charge in [-0.25, -0.2) is 14.5 Å². The third-order valence-corrected chi connectivity index (χ3v) is 6.81. The van der Waals surface area contributed by atoms with E-state index in [2.05, 4.69) is 22.0 Å². The van der Waals surface area contributed by atoms with E-state index in [0.29, 0.717) is 28.8 Å². The summed E-state index contributed by atoms with van der Waals surface area (Å²) in [6.45, 7) is 2.27. The summed E-state index contributed by atoms with van der Waals surface area (Å²) in [4.78, 5) is 14.2. The molecule has 0 bridgehead atoms. The quantitative estimate of drug-likeness (QED) is 0.400. The van der Waals surface area contributed by atoms with Gasteiger partial charge in [0.1, 0.15) is 23.5 Å². The Balaban J connectivity index is 1.31. The van der Waals surface area contributed by atoms with Gasteiger partial charge in [-0.15, -0.1) is 16.4 Å². The van der Waals surface area contributed by atoms with Gasteiger partial charge in [0.25, 0.3) is 0 Å². The Kier molecular flexibility index (Phi) is 4.58. The van der Waals surface area contributed by atoms with Crippen LogP contribution >= 0.6 is 11.3 Å². The van der Waals surface area contributed by atoms with Crippen LogP contribution in [0, 0.1) is 0 Å². The Morgan fingerprint density at radius 2 is 2.03 bits per heavy atom. The molecule has 0 unspecified atom stereocenters. The van der Waals surface area contributed by atoms with Crippen molar-refractivity contribution in [1.29, 1.82) is 0 Å². The molecule has 8 nitrogen and oxygen atoms in total. The molecule has 1 aliphatic heterocycles. The molecule has 0 N–H and O–H groups in total. The summed E-state index contributed by atoms with van der Waals surface area (Å²) >= 11 is 1.75. The van der Waals surface area contributed by atoms with Crippen LogP contribution in [0.15, 0.2) is 47.1 Å². The Bertz CT molecular complexity index is 1440. The van der Waals surface area contributed by atoms with E-state index in [9.17, 15) is 0 Å². The second kappa shape index (κ2) is 7.61. The van der Waals surface area contributed by atoms with Crippen LogP contribution in [0.25, 0.3) is 27.4 Å². The number of thiophene rings is 1. The first-order valence-corrected chi connectivity index (χ1v) is 11.2. The molecular formula is C23H21N5O3S. The molecule has 5 aromatic rings. The van der Waals surface area contributed by atoms with E-state index in [4.69, 9.17) is 18.9 Å². The predicted octanol–water partition coefficient (Wildman–Crippen LogP) is 4.17. The highest BCUT2D eigenvalue weighted by molar-refractivity contribution is 7.19. The summed E-state index contributed by atoms with van der Waals surface area (Å²) in [6.07, 6.45) is 2.73. The van der Waals surface area contributed by atoms with Crippen LogP contribution in [-0.2, 0) is 19.6 Å². The lowest BCUT2D eigenvalue weighted by molar-refractivity contribution is 0.257. The maximum absolute atomic E-state index is 5.99. The van der Waals surface area contributed by atoms with Crippen molar-refractivity contribution in [3.05, 3.63) is 58.9 Å². The summed E-state index contributed by atoms with van der Waals surface area (Å²) in [5.41, 5.74) is 2.18. The second-order valence-corrected chi connectivity index (χ2v) is 8.91. The van der Waals surface area contributed by atoms with Gasteiger partial charge >= 0.3 is 0 Å². The van der Waals surface area contributed by atoms with Crippen LogP contribution in [0.1, 0.15) is 16.2 Å². The molecule has 1 aromatic carbocycles. The number of rotatable bonds is 5. The summed E-state index contributed by atoms with van der Waals surface area (Å²) in [6, 6.07) is 11.3. The smallest absolute Gasteiger partial charge is 0.217 e. The molecule has 0 aliphatic carbocycles. The van der Waals surface area contributed by atoms with Gasteiger partial charge in [0, 0.05) is 18.0 Å². The van der Waals surface area contributed by atoms with Crippen molar-refractivity contribution in [2.75, 3.05) is 20.7 Å². The van der Waals surface area contributed by atoms with Crippen molar-refractivity contribution < 1.29 is 13.9 Å². The second-order valence-electron chi connectivity index (χ2n) is 7.83. The topological polar surface area (TPSA) is 77.9 Å². The number of nitrogens with zero attached hydrogens (tertiary/aromatic N) is 5. The molecule has 1 aliphatic rings. The number of aromatic nitrogens is 4. The molecule has 32 heavy (non-hydrogen) atoms. The van der Waals surface area contributed by atoms with E-state index in [-0.39, 0.29) is 6.61 Å². The summed E-state index contributed by atoms with van der Waals surface area (Å²) in [5, 5.41) is 5.73. The van der Waals surface area contributed by atoms with Crippen molar-refractivity contribution in [1.82, 2.24) is 24.5 Å². The van der Waals surface area contributed by atoms with Crippen LogP contribution in [0.2, 0.25) is 0 Å². The average molecular weight is 448 g/mol. The lowest BCUT2D eigenvalue weighted by atomic mass is 10.1. The maximum atomic E-state index is 5.99. The first-order valence-electron chi connectivity index (χ1n) is 10.4. The Hall–Kier alpha value is -3.43. The van der Waals surface area contributed by atoms with Gasteiger partial charge in [0.2, 0.25) is 5.82 Å². The molecule has 6 rings (SSSR count). The highest BCUT2D eigenvalue weighted by Crippen LogP contribution is 2.36. The highest BCUT2D eigenvalue weighted by atomic mass is 32.1. The van der Waals surface area contributed by atoms with E-state index < -0.39 is 0 Å². The third kappa shape index (κ3) is 3.21. The molecule has 4 aromatic heterocycles. The zero-order valence-corrected chi connectivity index (χ0v) is 18.6. The monoisotopic (exact) mass is 447 g/mol. The van der Waals surface area contributed by atoms with Crippen LogP contribution in [-0.4, -0.2) is 45.2 Å². The molecule has 0 radical (unpaired) electrons. The predicted molar refractivity (Wildman–Crippen MR) is 121 cm³/mol. The van der Waals surface area contributed by atoms with E-state index in [0.717, 1.165) is 35.4 Å². The Morgan fingerprint density at radius 3 is 2.91 bits per heavy atom. The lowest BCUT2D eigenvalue weighted by Crippen LogP contribution is -2.25. The van der Waals surface area contributed by atoms with E-state index in [1.165, 1.54) is 10.4 Å². The van der Waals surface area contributed by atoms with Gasteiger partial charge in [0.15, 0.2) is 22.9 Å². The van der Waals surface area contributed by atoms with Gasteiger partial charge in [-0.3, -0.25) is 0 Å². The van der Waals surface area contributed by atoms with Gasteiger partial charge in [-0.2, -0.15) is 0 Å². The number of ether oxygens (including phenoxy) is 2. The van der Waals surface area contributed by atoms with Crippen molar-refractivity contribution in [3.63, 3.8) is 0 Å². The van der Waals surface area contributed by atoms with Crippen LogP contribution in [0.3, 0.4) is 0 Å². The number of furan rings is 1. The average Bonchev–Trinajstić information content (AvgIpc) is 3.53. The number of benzene rings is 1. The Morgan fingerprint density at radius 1 is 1.16 bits per heavy atom. The highest BCUT2D eigenvalue weighted by Gasteiger charge is 2.23. The van der Waals surface area contributed by atoms with Crippen molar-refractivity contribution in [2.45, 2.75) is 19.6 Å². The molecule has 5 heterocycles. The molecule has 0 atom stereocenters. The largest absolute Gasteiger partial charge is 0.493 e. The fraction of sp³-hybridized carbons (Fsp3) is 0.261. The van der Waals surface area contributed by atoms with Gasteiger partial charge < -0.3 is 18.8 Å². The standard InChI is InChI=1S/C23H21N5O3S/c1-27-10-9-15-19(11-27)32-23-20(15)22-25-21(26-28(22)13-24-23)18-8-7-14(31-18)12-30-17-6-4-3-5-16(17)29-2/h3-8,13H,9-12H2,1-2H3. The maximum Gasteiger partial charge on any atom is 0.217 e. The zero-order valence-electron chi connectivity index (χ0n) is 17.7. The number of methoxy groups -OCH3 is 1. The number of likely N-dealkylation sites (N-methyl/N-ethyl adjacent to an activating group) is 1. The van der Waals surface area contributed by atoms with Crippen molar-refractivity contribution >= 4 is 27.2 Å². The van der Waals surface area contributed by atoms with Crippen molar-refractivity contribution in [2.24, 2.45) is 0 Å². The molecule has 162 valence electrons. The normalized spacial score (nSPS) is 14.2. The first kappa shape index (κ1) is 19.3. The van der Waals surface area contributed by atoms with Gasteiger partial charge in [-0.05, 0) is 43.3 Å². The molecule has 0 saturated heterocycles. The molecule has 9 heteroatoms. The molecule has 0 spiro atoms. The molecular weight excluding hydrogens is 426 g/mol. The number of hydrogen-bond donors (Lipinski definition) is 0. The minimum Gasteiger partial charge on any atom is -0.493 e. The van der Waals surface area contributed by atoms with Crippen LogP contribution < -0.4 is 9.47 Å². The van der Waals surface area contributed by atoms with E-state index in [1.54, 1.807) is 29.3 Å². The lowest BCUT2D eigenvalue weighted by Gasteiger charge is -2.21. The van der Waals surface area contributed by atoms with Crippen LogP contribution in [0.5, 0.6) is 11.5 Å². The fourth-order valence-corrected chi connectivity index (χ4v) is 5.35. The summed E-state index contributed by atoms with van der Waals surface area (Å²) in [7, 11) is 3.77. The van der Waals surface area contributed by atoms with Crippen LogP contribution in [0.4, 0.5) is 0 Å². The summed E-state index contributed by atoms with van der Waals surface area (Å²) in [5.74, 6) is 3.17. The van der Waals surface area contributed by atoms with Crippen molar-refractivity contribution in [3.8, 4) is 23.1 Å². The number of para-hydroxylation sites is 2. The van der Waals surface area contributed by atoms with E-state index in [1.807, 2.05) is 36.4 Å². The third-order valence-electron chi connectivity index (χ3n) is 5.69. The zero-order chi connectivity index (χ0) is 21.7. The first-order chi connectivity index (χ1) is 15.7. The Labute approximate surface area is 188 Å². The minimum absolute atomic E-state index is 0.283. The molecule has 0 saturated carbocycles. The molecule has 0 amide bonds. The minimum atomic E-state index is 0.283. The van der Waals surface area contributed by atoms with Gasteiger partial charge in [0.05, 0.1) is 12.5 Å².